The standard InChI is InChI=1S/C25H25ClN2O3S2/c1-15-11-17(3)22(12-16(15)2)18(4)27-33(30,31)21-9-10-23-24(13-21)32-25(29)28(23)14-19-5-7-20(26)8-6-19/h5-13,18,27H,14H2,1-4H3. The minimum Gasteiger partial charge on any atom is -0.294 e. The predicted molar refractivity (Wildman–Crippen MR) is 136 cm³/mol. The molecule has 8 heteroatoms. The van der Waals surface area contributed by atoms with Crippen molar-refractivity contribution >= 4 is 43.2 Å². The van der Waals surface area contributed by atoms with E-state index >= 15 is 0 Å². The Labute approximate surface area is 202 Å². The fourth-order valence-corrected chi connectivity index (χ4v) is 6.33. The molecule has 1 atom stereocenters. The van der Waals surface area contributed by atoms with Gasteiger partial charge < -0.3 is 0 Å². The third-order valence-corrected chi connectivity index (χ3v) is 8.62. The van der Waals surface area contributed by atoms with Crippen LogP contribution in [0, 0.1) is 20.8 Å². The third-order valence-electron chi connectivity index (χ3n) is 5.88. The van der Waals surface area contributed by atoms with Crippen LogP contribution in [0.15, 0.2) is 64.3 Å². The lowest BCUT2D eigenvalue weighted by atomic mass is 9.97. The molecule has 0 aliphatic carbocycles. The van der Waals surface area contributed by atoms with Crippen LogP contribution in [0.5, 0.6) is 0 Å². The lowest BCUT2D eigenvalue weighted by Gasteiger charge is -2.18. The Bertz CT molecular complexity index is 1500. The highest BCUT2D eigenvalue weighted by Gasteiger charge is 2.21. The van der Waals surface area contributed by atoms with Crippen LogP contribution < -0.4 is 9.60 Å². The molecule has 4 rings (SSSR count). The largest absolute Gasteiger partial charge is 0.308 e. The first-order valence-corrected chi connectivity index (χ1v) is 13.2. The molecule has 0 aliphatic heterocycles. The quantitative estimate of drug-likeness (QED) is 0.367. The number of aromatic nitrogens is 1. The smallest absolute Gasteiger partial charge is 0.294 e. The molecule has 1 heterocycles. The summed E-state index contributed by atoms with van der Waals surface area (Å²) < 4.78 is 31.3. The molecule has 1 aromatic heterocycles. The third kappa shape index (κ3) is 4.92. The van der Waals surface area contributed by atoms with Crippen molar-refractivity contribution in [2.45, 2.75) is 45.2 Å². The molecule has 172 valence electrons. The predicted octanol–water partition coefficient (Wildman–Crippen LogP) is 5.73. The van der Waals surface area contributed by atoms with Gasteiger partial charge in [-0.1, -0.05) is 47.2 Å². The van der Waals surface area contributed by atoms with Gasteiger partial charge in [-0.15, -0.1) is 0 Å². The summed E-state index contributed by atoms with van der Waals surface area (Å²) in [6.07, 6.45) is 0. The second-order valence-electron chi connectivity index (χ2n) is 8.35. The maximum absolute atomic E-state index is 13.1. The molecular weight excluding hydrogens is 476 g/mol. The Morgan fingerprint density at radius 2 is 1.64 bits per heavy atom. The normalized spacial score (nSPS) is 12.9. The lowest BCUT2D eigenvalue weighted by Crippen LogP contribution is -2.27. The summed E-state index contributed by atoms with van der Waals surface area (Å²) in [5.41, 5.74) is 5.93. The van der Waals surface area contributed by atoms with Crippen LogP contribution in [-0.2, 0) is 16.6 Å². The van der Waals surface area contributed by atoms with Crippen LogP contribution in [0.1, 0.15) is 40.8 Å². The van der Waals surface area contributed by atoms with Gasteiger partial charge in [-0.2, -0.15) is 0 Å². The van der Waals surface area contributed by atoms with Crippen molar-refractivity contribution in [3.05, 3.63) is 97.1 Å². The van der Waals surface area contributed by atoms with E-state index in [9.17, 15) is 13.2 Å². The van der Waals surface area contributed by atoms with Crippen molar-refractivity contribution in [1.29, 1.82) is 0 Å². The van der Waals surface area contributed by atoms with E-state index in [1.165, 1.54) is 5.56 Å². The van der Waals surface area contributed by atoms with E-state index < -0.39 is 16.1 Å². The molecule has 0 spiro atoms. The zero-order valence-corrected chi connectivity index (χ0v) is 21.2. The Morgan fingerprint density at radius 1 is 0.970 bits per heavy atom. The number of halogens is 1. The van der Waals surface area contributed by atoms with Crippen molar-refractivity contribution in [1.82, 2.24) is 9.29 Å². The van der Waals surface area contributed by atoms with E-state index in [0.29, 0.717) is 21.8 Å². The molecule has 1 unspecified atom stereocenters. The van der Waals surface area contributed by atoms with Gasteiger partial charge in [0.25, 0.3) is 0 Å². The molecule has 3 aromatic carbocycles. The van der Waals surface area contributed by atoms with E-state index in [0.717, 1.165) is 33.6 Å². The molecule has 5 nitrogen and oxygen atoms in total. The molecule has 0 amide bonds. The highest BCUT2D eigenvalue weighted by molar-refractivity contribution is 7.89. The minimum atomic E-state index is -3.78. The number of rotatable bonds is 6. The summed E-state index contributed by atoms with van der Waals surface area (Å²) in [4.78, 5) is 12.6. The average molecular weight is 501 g/mol. The Balaban J connectivity index is 1.63. The first-order valence-electron chi connectivity index (χ1n) is 10.5. The average Bonchev–Trinajstić information content (AvgIpc) is 3.06. The highest BCUT2D eigenvalue weighted by Crippen LogP contribution is 2.26. The van der Waals surface area contributed by atoms with Crippen LogP contribution in [0.2, 0.25) is 5.02 Å². The van der Waals surface area contributed by atoms with Gasteiger partial charge in [0.15, 0.2) is 0 Å². The zero-order chi connectivity index (χ0) is 23.9. The Hall–Kier alpha value is -2.45. The molecule has 0 radical (unpaired) electrons. The van der Waals surface area contributed by atoms with Crippen LogP contribution >= 0.6 is 22.9 Å². The second-order valence-corrected chi connectivity index (χ2v) is 11.5. The summed E-state index contributed by atoms with van der Waals surface area (Å²) in [5.74, 6) is 0. The summed E-state index contributed by atoms with van der Waals surface area (Å²) in [6.45, 7) is 8.28. The van der Waals surface area contributed by atoms with E-state index in [1.807, 2.05) is 45.9 Å². The second kappa shape index (κ2) is 9.06. The van der Waals surface area contributed by atoms with Gasteiger partial charge >= 0.3 is 4.87 Å². The van der Waals surface area contributed by atoms with E-state index in [4.69, 9.17) is 11.6 Å². The van der Waals surface area contributed by atoms with Gasteiger partial charge in [0.05, 0.1) is 21.7 Å². The maximum atomic E-state index is 13.1. The van der Waals surface area contributed by atoms with Gasteiger partial charge in [0.1, 0.15) is 0 Å². The van der Waals surface area contributed by atoms with Gasteiger partial charge in [0, 0.05) is 11.1 Å². The maximum Gasteiger partial charge on any atom is 0.308 e. The summed E-state index contributed by atoms with van der Waals surface area (Å²) >= 11 is 6.99. The van der Waals surface area contributed by atoms with Crippen molar-refractivity contribution < 1.29 is 8.42 Å². The van der Waals surface area contributed by atoms with E-state index in [1.54, 1.807) is 34.9 Å². The molecule has 4 aromatic rings. The number of hydrogen-bond acceptors (Lipinski definition) is 4. The first kappa shape index (κ1) is 23.7. The summed E-state index contributed by atoms with van der Waals surface area (Å²) in [5, 5.41) is 0.633. The van der Waals surface area contributed by atoms with Crippen LogP contribution in [0.3, 0.4) is 0 Å². The van der Waals surface area contributed by atoms with Crippen LogP contribution in [-0.4, -0.2) is 13.0 Å². The molecule has 33 heavy (non-hydrogen) atoms. The van der Waals surface area contributed by atoms with E-state index in [2.05, 4.69) is 10.8 Å². The van der Waals surface area contributed by atoms with Gasteiger partial charge in [-0.25, -0.2) is 13.1 Å². The van der Waals surface area contributed by atoms with Crippen molar-refractivity contribution in [2.24, 2.45) is 0 Å². The van der Waals surface area contributed by atoms with Crippen molar-refractivity contribution in [2.75, 3.05) is 0 Å². The molecule has 0 aliphatic rings. The number of benzene rings is 3. The fourth-order valence-electron chi connectivity index (χ4n) is 3.95. The number of hydrogen-bond donors (Lipinski definition) is 1. The number of nitrogens with zero attached hydrogens (tertiary/aromatic N) is 1. The number of nitrogens with one attached hydrogen (secondary N) is 1. The molecular formula is C25H25ClN2O3S2. The number of thiazole rings is 1. The molecule has 1 N–H and O–H groups in total. The topological polar surface area (TPSA) is 68.2 Å². The monoisotopic (exact) mass is 500 g/mol. The fraction of sp³-hybridized carbons (Fsp3) is 0.240. The first-order chi connectivity index (χ1) is 15.5. The van der Waals surface area contributed by atoms with Gasteiger partial charge in [0.2, 0.25) is 10.0 Å². The molecule has 0 saturated carbocycles. The Kier molecular flexibility index (Phi) is 6.51. The highest BCUT2D eigenvalue weighted by atomic mass is 35.5. The number of aryl methyl sites for hydroxylation is 3. The van der Waals surface area contributed by atoms with Crippen molar-refractivity contribution in [3.8, 4) is 0 Å². The van der Waals surface area contributed by atoms with E-state index in [-0.39, 0.29) is 9.77 Å². The number of sulfonamides is 1. The zero-order valence-electron chi connectivity index (χ0n) is 18.8. The number of fused-ring (bicyclic) bond motifs is 1. The summed E-state index contributed by atoms with van der Waals surface area (Å²) in [6, 6.07) is 15.8. The van der Waals surface area contributed by atoms with Crippen LogP contribution in [0.4, 0.5) is 0 Å². The molecule has 0 fully saturated rings. The molecule has 0 saturated heterocycles. The SMILES string of the molecule is Cc1cc(C)c(C(C)NS(=O)(=O)c2ccc3c(c2)sc(=O)n3Cc2ccc(Cl)cc2)cc1C. The Morgan fingerprint density at radius 3 is 2.33 bits per heavy atom. The van der Waals surface area contributed by atoms with Gasteiger partial charge in [-0.3, -0.25) is 9.36 Å². The van der Waals surface area contributed by atoms with Gasteiger partial charge in [-0.05, 0) is 85.8 Å². The minimum absolute atomic E-state index is 0.137. The van der Waals surface area contributed by atoms with Crippen molar-refractivity contribution in [3.63, 3.8) is 0 Å². The van der Waals surface area contributed by atoms with Crippen LogP contribution in [0.25, 0.3) is 10.2 Å². The summed E-state index contributed by atoms with van der Waals surface area (Å²) in [7, 11) is -3.78. The molecule has 0 bridgehead atoms. The lowest BCUT2D eigenvalue weighted by molar-refractivity contribution is 0.566.